The second-order valence-electron chi connectivity index (χ2n) is 16.1. The standard InChI is InChI=1S/C60H40N2/c1-3-16-41(17-4-1)43-21-13-25-50(36-43)61(49-34-32-42(33-35-49)56-39-47-20-9-10-27-52(47)54-28-11-12-29-55(54)56)51-26-14-22-46(37-51)53-30-15-31-58-60(53)57-38-44-18-7-8-19-45(44)40-59(57)62(58)48-23-5-2-6-24-48/h1-40H. The maximum atomic E-state index is 2.42. The number of fused-ring (bicyclic) bond motifs is 7. The molecule has 0 spiro atoms. The highest BCUT2D eigenvalue weighted by Gasteiger charge is 2.20. The Morgan fingerprint density at radius 3 is 1.61 bits per heavy atom. The SMILES string of the molecule is c1ccc(-c2cccc(N(c3ccc(-c4cc5ccccc5c5ccccc45)cc3)c3cccc(-c4cccc5c4c4cc6ccccc6cc4n5-c4ccccc4)c3)c2)cc1. The van der Waals surface area contributed by atoms with Gasteiger partial charge in [-0.15, -0.1) is 0 Å². The van der Waals surface area contributed by atoms with Crippen LogP contribution in [0.4, 0.5) is 17.1 Å². The molecular formula is C60H40N2. The summed E-state index contributed by atoms with van der Waals surface area (Å²) in [6.07, 6.45) is 0. The third-order valence-electron chi connectivity index (χ3n) is 12.5. The monoisotopic (exact) mass is 788 g/mol. The summed E-state index contributed by atoms with van der Waals surface area (Å²) in [6, 6.07) is 88.5. The Morgan fingerprint density at radius 2 is 0.855 bits per heavy atom. The summed E-state index contributed by atoms with van der Waals surface area (Å²) < 4.78 is 2.42. The number of hydrogen-bond donors (Lipinski definition) is 0. The molecule has 1 aromatic heterocycles. The second kappa shape index (κ2) is 14.8. The lowest BCUT2D eigenvalue weighted by Crippen LogP contribution is -2.10. The molecule has 0 aliphatic heterocycles. The minimum Gasteiger partial charge on any atom is -0.310 e. The first kappa shape index (κ1) is 35.7. The van der Waals surface area contributed by atoms with E-state index in [-0.39, 0.29) is 0 Å². The number of anilines is 3. The van der Waals surface area contributed by atoms with E-state index in [2.05, 4.69) is 252 Å². The van der Waals surface area contributed by atoms with E-state index in [1.807, 2.05) is 0 Å². The summed E-state index contributed by atoms with van der Waals surface area (Å²) in [5.41, 5.74) is 14.0. The molecule has 0 saturated heterocycles. The lowest BCUT2D eigenvalue weighted by molar-refractivity contribution is 1.18. The van der Waals surface area contributed by atoms with Gasteiger partial charge in [-0.3, -0.25) is 0 Å². The van der Waals surface area contributed by atoms with Crippen molar-refractivity contribution in [2.75, 3.05) is 4.90 Å². The smallest absolute Gasteiger partial charge is 0.0547 e. The molecule has 2 nitrogen and oxygen atoms in total. The van der Waals surface area contributed by atoms with Crippen LogP contribution in [0.25, 0.3) is 93.2 Å². The average Bonchev–Trinajstić information content (AvgIpc) is 3.67. The third-order valence-corrected chi connectivity index (χ3v) is 12.5. The van der Waals surface area contributed by atoms with Gasteiger partial charge in [-0.2, -0.15) is 0 Å². The molecule has 0 aliphatic carbocycles. The molecular weight excluding hydrogens is 749 g/mol. The summed E-state index contributed by atoms with van der Waals surface area (Å²) >= 11 is 0. The van der Waals surface area contributed by atoms with Gasteiger partial charge in [-0.25, -0.2) is 0 Å². The molecule has 0 unspecified atom stereocenters. The van der Waals surface area contributed by atoms with E-state index >= 15 is 0 Å². The molecule has 12 rings (SSSR count). The predicted octanol–water partition coefficient (Wildman–Crippen LogP) is 16.7. The first-order valence-electron chi connectivity index (χ1n) is 21.3. The Morgan fingerprint density at radius 1 is 0.274 bits per heavy atom. The first-order chi connectivity index (χ1) is 30.7. The number of rotatable bonds is 7. The molecule has 0 amide bonds. The number of benzene rings is 11. The lowest BCUT2D eigenvalue weighted by atomic mass is 9.93. The molecule has 0 saturated carbocycles. The molecule has 0 N–H and O–H groups in total. The van der Waals surface area contributed by atoms with Gasteiger partial charge >= 0.3 is 0 Å². The van der Waals surface area contributed by atoms with Crippen molar-refractivity contribution in [3.63, 3.8) is 0 Å². The van der Waals surface area contributed by atoms with Crippen LogP contribution >= 0.6 is 0 Å². The highest BCUT2D eigenvalue weighted by Crippen LogP contribution is 2.44. The van der Waals surface area contributed by atoms with Crippen LogP contribution in [0.2, 0.25) is 0 Å². The number of hydrogen-bond acceptors (Lipinski definition) is 1. The molecule has 290 valence electrons. The van der Waals surface area contributed by atoms with E-state index in [4.69, 9.17) is 0 Å². The summed E-state index contributed by atoms with van der Waals surface area (Å²) in [5.74, 6) is 0. The van der Waals surface area contributed by atoms with Crippen molar-refractivity contribution in [3.8, 4) is 39.1 Å². The number of para-hydroxylation sites is 1. The largest absolute Gasteiger partial charge is 0.310 e. The van der Waals surface area contributed by atoms with Crippen molar-refractivity contribution >= 4 is 71.2 Å². The quantitative estimate of drug-likeness (QED) is 0.146. The van der Waals surface area contributed by atoms with Crippen molar-refractivity contribution in [1.29, 1.82) is 0 Å². The van der Waals surface area contributed by atoms with E-state index in [9.17, 15) is 0 Å². The molecule has 2 heteroatoms. The van der Waals surface area contributed by atoms with Crippen LogP contribution in [-0.2, 0) is 0 Å². The molecule has 12 aromatic rings. The fourth-order valence-corrected chi connectivity index (χ4v) is 9.65. The zero-order valence-electron chi connectivity index (χ0n) is 34.0. The zero-order valence-corrected chi connectivity index (χ0v) is 34.0. The Labute approximate surface area is 360 Å². The minimum atomic E-state index is 1.09. The Balaban J connectivity index is 1.04. The summed E-state index contributed by atoms with van der Waals surface area (Å²) in [7, 11) is 0. The van der Waals surface area contributed by atoms with E-state index in [0.717, 1.165) is 28.3 Å². The highest BCUT2D eigenvalue weighted by molar-refractivity contribution is 6.19. The van der Waals surface area contributed by atoms with Crippen LogP contribution < -0.4 is 4.90 Å². The van der Waals surface area contributed by atoms with Crippen LogP contribution in [0.1, 0.15) is 0 Å². The number of nitrogens with zero attached hydrogens (tertiary/aromatic N) is 2. The second-order valence-corrected chi connectivity index (χ2v) is 16.1. The zero-order chi connectivity index (χ0) is 41.0. The molecule has 0 atom stereocenters. The predicted molar refractivity (Wildman–Crippen MR) is 264 cm³/mol. The topological polar surface area (TPSA) is 8.17 Å². The Kier molecular flexibility index (Phi) is 8.53. The number of aromatic nitrogens is 1. The van der Waals surface area contributed by atoms with E-state index in [1.54, 1.807) is 0 Å². The van der Waals surface area contributed by atoms with E-state index in [1.165, 1.54) is 81.9 Å². The average molecular weight is 789 g/mol. The lowest BCUT2D eigenvalue weighted by Gasteiger charge is -2.27. The molecule has 0 bridgehead atoms. The molecule has 0 aliphatic rings. The van der Waals surface area contributed by atoms with Crippen LogP contribution in [0.15, 0.2) is 243 Å². The fraction of sp³-hybridized carbons (Fsp3) is 0. The van der Waals surface area contributed by atoms with Crippen LogP contribution in [0, 0.1) is 0 Å². The molecule has 0 fully saturated rings. The van der Waals surface area contributed by atoms with Crippen LogP contribution in [-0.4, -0.2) is 4.57 Å². The van der Waals surface area contributed by atoms with Gasteiger partial charge in [0.15, 0.2) is 0 Å². The summed E-state index contributed by atoms with van der Waals surface area (Å²) in [4.78, 5) is 2.40. The molecule has 1 heterocycles. The van der Waals surface area contributed by atoms with Gasteiger partial charge in [0.2, 0.25) is 0 Å². The first-order valence-corrected chi connectivity index (χ1v) is 21.3. The Hall–Kier alpha value is -8.20. The van der Waals surface area contributed by atoms with Crippen LogP contribution in [0.3, 0.4) is 0 Å². The van der Waals surface area contributed by atoms with E-state index < -0.39 is 0 Å². The van der Waals surface area contributed by atoms with Crippen molar-refractivity contribution < 1.29 is 0 Å². The van der Waals surface area contributed by atoms with Gasteiger partial charge in [-0.1, -0.05) is 170 Å². The third kappa shape index (κ3) is 6.04. The van der Waals surface area contributed by atoms with Gasteiger partial charge in [0.05, 0.1) is 11.0 Å². The molecule has 62 heavy (non-hydrogen) atoms. The maximum Gasteiger partial charge on any atom is 0.0547 e. The van der Waals surface area contributed by atoms with Gasteiger partial charge in [0.1, 0.15) is 0 Å². The highest BCUT2D eigenvalue weighted by atomic mass is 15.1. The maximum absolute atomic E-state index is 2.42. The normalized spacial score (nSPS) is 11.5. The summed E-state index contributed by atoms with van der Waals surface area (Å²) in [5, 5.41) is 10.0. The fourth-order valence-electron chi connectivity index (χ4n) is 9.65. The Bertz CT molecular complexity index is 3620. The van der Waals surface area contributed by atoms with Gasteiger partial charge in [0.25, 0.3) is 0 Å². The van der Waals surface area contributed by atoms with Gasteiger partial charge < -0.3 is 9.47 Å². The van der Waals surface area contributed by atoms with Gasteiger partial charge in [0, 0.05) is 33.5 Å². The molecule has 11 aromatic carbocycles. The van der Waals surface area contributed by atoms with Crippen molar-refractivity contribution in [2.24, 2.45) is 0 Å². The van der Waals surface area contributed by atoms with E-state index in [0.29, 0.717) is 0 Å². The van der Waals surface area contributed by atoms with Crippen LogP contribution in [0.5, 0.6) is 0 Å². The molecule has 0 radical (unpaired) electrons. The summed E-state index contributed by atoms with van der Waals surface area (Å²) in [6.45, 7) is 0. The minimum absolute atomic E-state index is 1.09. The van der Waals surface area contributed by atoms with Gasteiger partial charge in [-0.05, 0) is 138 Å². The van der Waals surface area contributed by atoms with Crippen molar-refractivity contribution in [1.82, 2.24) is 4.57 Å². The van der Waals surface area contributed by atoms with Crippen molar-refractivity contribution in [2.45, 2.75) is 0 Å². The van der Waals surface area contributed by atoms with Crippen molar-refractivity contribution in [3.05, 3.63) is 243 Å².